The van der Waals surface area contributed by atoms with Crippen LogP contribution in [-0.4, -0.2) is 12.5 Å². The van der Waals surface area contributed by atoms with Crippen LogP contribution in [0.15, 0.2) is 42.5 Å². The molecule has 0 aromatic heterocycles. The van der Waals surface area contributed by atoms with E-state index in [2.05, 4.69) is 0 Å². The van der Waals surface area contributed by atoms with Crippen LogP contribution in [0, 0.1) is 11.6 Å². The summed E-state index contributed by atoms with van der Waals surface area (Å²) in [5, 5.41) is 0. The summed E-state index contributed by atoms with van der Waals surface area (Å²) < 4.78 is 65.0. The first kappa shape index (κ1) is 15.2. The Morgan fingerprint density at radius 3 is 2.10 bits per heavy atom. The summed E-state index contributed by atoms with van der Waals surface area (Å²) in [7, 11) is 0. The molecule has 0 aliphatic carbocycles. The molecule has 2 aromatic rings. The number of hydrogen-bond donors (Lipinski definition) is 0. The first-order chi connectivity index (χ1) is 9.85. The molecule has 21 heavy (non-hydrogen) atoms. The van der Waals surface area contributed by atoms with Crippen molar-refractivity contribution in [2.45, 2.75) is 5.92 Å². The number of carbonyl (C=O) groups is 1. The van der Waals surface area contributed by atoms with Crippen LogP contribution in [-0.2, 0) is 5.92 Å². The molecule has 0 N–H and O–H groups in total. The summed E-state index contributed by atoms with van der Waals surface area (Å²) in [5.41, 5.74) is -1.36. The molecule has 0 saturated carbocycles. The van der Waals surface area contributed by atoms with Crippen molar-refractivity contribution in [3.05, 3.63) is 70.8 Å². The second kappa shape index (κ2) is 5.63. The molecule has 0 aliphatic rings. The number of halogens is 5. The van der Waals surface area contributed by atoms with Gasteiger partial charge in [-0.05, 0) is 42.5 Å². The summed E-state index contributed by atoms with van der Waals surface area (Å²) in [5.74, 6) is -6.56. The monoisotopic (exact) mass is 300 g/mol. The lowest BCUT2D eigenvalue weighted by atomic mass is 9.99. The number of hydrogen-bond acceptors (Lipinski definition) is 1. The number of benzene rings is 2. The first-order valence-electron chi connectivity index (χ1n) is 5.89. The molecule has 0 saturated heterocycles. The third kappa shape index (κ3) is 3.09. The molecule has 0 fully saturated rings. The van der Waals surface area contributed by atoms with Gasteiger partial charge in [-0.15, -0.1) is 0 Å². The van der Waals surface area contributed by atoms with Gasteiger partial charge in [0.15, 0.2) is 12.5 Å². The van der Waals surface area contributed by atoms with Gasteiger partial charge in [-0.1, -0.05) is 0 Å². The van der Waals surface area contributed by atoms with Gasteiger partial charge < -0.3 is 0 Å². The molecule has 6 heteroatoms. The van der Waals surface area contributed by atoms with Crippen molar-refractivity contribution in [2.24, 2.45) is 0 Å². The Bertz CT molecular complexity index is 664. The highest BCUT2D eigenvalue weighted by Gasteiger charge is 2.35. The zero-order chi connectivity index (χ0) is 15.6. The lowest BCUT2D eigenvalue weighted by Crippen LogP contribution is -2.19. The van der Waals surface area contributed by atoms with E-state index in [0.29, 0.717) is 12.1 Å². The normalized spacial score (nSPS) is 11.5. The third-order valence-electron chi connectivity index (χ3n) is 2.90. The lowest BCUT2D eigenvalue weighted by Gasteiger charge is -2.14. The van der Waals surface area contributed by atoms with Crippen molar-refractivity contribution in [1.82, 2.24) is 0 Å². The van der Waals surface area contributed by atoms with Gasteiger partial charge in [0.1, 0.15) is 11.6 Å². The molecule has 0 radical (unpaired) electrons. The molecule has 0 amide bonds. The molecule has 0 bridgehead atoms. The summed E-state index contributed by atoms with van der Waals surface area (Å²) >= 11 is 0. The van der Waals surface area contributed by atoms with Crippen LogP contribution in [0.25, 0.3) is 0 Å². The van der Waals surface area contributed by atoms with Crippen LogP contribution in [0.4, 0.5) is 22.0 Å². The molecule has 110 valence electrons. The van der Waals surface area contributed by atoms with Gasteiger partial charge >= 0.3 is 5.92 Å². The van der Waals surface area contributed by atoms with Gasteiger partial charge in [0, 0.05) is 11.1 Å². The zero-order valence-corrected chi connectivity index (χ0v) is 10.5. The summed E-state index contributed by atoms with van der Waals surface area (Å²) in [6.07, 6.45) is 0. The van der Waals surface area contributed by atoms with Crippen molar-refractivity contribution >= 4 is 5.78 Å². The standard InChI is InChI=1S/C15H9F5O/c16-8-15(19,20)12-7-10(3-6-13(12)18)14(21)9-1-4-11(17)5-2-9/h1-7H,8H2. The minimum Gasteiger partial charge on any atom is -0.289 e. The van der Waals surface area contributed by atoms with Crippen molar-refractivity contribution < 1.29 is 26.7 Å². The van der Waals surface area contributed by atoms with Gasteiger partial charge in [-0.25, -0.2) is 13.2 Å². The van der Waals surface area contributed by atoms with Crippen LogP contribution in [0.5, 0.6) is 0 Å². The van der Waals surface area contributed by atoms with E-state index in [0.717, 1.165) is 18.2 Å². The third-order valence-corrected chi connectivity index (χ3v) is 2.90. The van der Waals surface area contributed by atoms with Crippen molar-refractivity contribution in [1.29, 1.82) is 0 Å². The predicted molar refractivity (Wildman–Crippen MR) is 66.1 cm³/mol. The average Bonchev–Trinajstić information content (AvgIpc) is 2.47. The number of carbonyl (C=O) groups excluding carboxylic acids is 1. The van der Waals surface area contributed by atoms with E-state index >= 15 is 0 Å². The minimum absolute atomic E-state index is 0.0533. The Hall–Kier alpha value is -2.24. The van der Waals surface area contributed by atoms with Gasteiger partial charge in [0.2, 0.25) is 0 Å². The van der Waals surface area contributed by atoms with E-state index in [-0.39, 0.29) is 11.1 Å². The lowest BCUT2D eigenvalue weighted by molar-refractivity contribution is -0.0311. The Morgan fingerprint density at radius 2 is 1.52 bits per heavy atom. The van der Waals surface area contributed by atoms with E-state index in [1.807, 2.05) is 0 Å². The van der Waals surface area contributed by atoms with E-state index in [9.17, 15) is 26.7 Å². The number of rotatable bonds is 4. The van der Waals surface area contributed by atoms with E-state index < -0.39 is 35.6 Å². The predicted octanol–water partition coefficient (Wildman–Crippen LogP) is 4.26. The van der Waals surface area contributed by atoms with E-state index in [1.165, 1.54) is 12.1 Å². The number of alkyl halides is 3. The van der Waals surface area contributed by atoms with Crippen LogP contribution in [0.1, 0.15) is 21.5 Å². The Balaban J connectivity index is 2.43. The molecule has 0 spiro atoms. The molecule has 0 unspecified atom stereocenters. The van der Waals surface area contributed by atoms with Gasteiger partial charge in [0.05, 0.1) is 5.56 Å². The smallest absolute Gasteiger partial charge is 0.289 e. The Labute approximate surface area is 117 Å². The van der Waals surface area contributed by atoms with Crippen LogP contribution in [0.2, 0.25) is 0 Å². The zero-order valence-electron chi connectivity index (χ0n) is 10.5. The maximum atomic E-state index is 13.4. The Kier molecular flexibility index (Phi) is 4.06. The van der Waals surface area contributed by atoms with Gasteiger partial charge in [-0.2, -0.15) is 8.78 Å². The Morgan fingerprint density at radius 1 is 0.952 bits per heavy atom. The van der Waals surface area contributed by atoms with Crippen LogP contribution >= 0.6 is 0 Å². The van der Waals surface area contributed by atoms with Crippen molar-refractivity contribution in [3.8, 4) is 0 Å². The summed E-state index contributed by atoms with van der Waals surface area (Å²) in [6, 6.07) is 6.72. The molecule has 1 nitrogen and oxygen atoms in total. The highest BCUT2D eigenvalue weighted by atomic mass is 19.3. The van der Waals surface area contributed by atoms with Crippen molar-refractivity contribution in [3.63, 3.8) is 0 Å². The molecule has 0 aliphatic heterocycles. The summed E-state index contributed by atoms with van der Waals surface area (Å²) in [4.78, 5) is 12.1. The fourth-order valence-corrected chi connectivity index (χ4v) is 1.79. The molecular weight excluding hydrogens is 291 g/mol. The van der Waals surface area contributed by atoms with Gasteiger partial charge in [0.25, 0.3) is 0 Å². The van der Waals surface area contributed by atoms with E-state index in [4.69, 9.17) is 0 Å². The SMILES string of the molecule is O=C(c1ccc(F)cc1)c1ccc(F)c(C(F)(F)CF)c1. The second-order valence-corrected chi connectivity index (χ2v) is 4.37. The first-order valence-corrected chi connectivity index (χ1v) is 5.89. The fraction of sp³-hybridized carbons (Fsp3) is 0.133. The molecule has 0 atom stereocenters. The maximum Gasteiger partial charge on any atom is 0.303 e. The van der Waals surface area contributed by atoms with Crippen LogP contribution < -0.4 is 0 Å². The number of ketones is 1. The maximum absolute atomic E-state index is 13.4. The van der Waals surface area contributed by atoms with E-state index in [1.54, 1.807) is 0 Å². The highest BCUT2D eigenvalue weighted by molar-refractivity contribution is 6.09. The average molecular weight is 300 g/mol. The van der Waals surface area contributed by atoms with Crippen molar-refractivity contribution in [2.75, 3.05) is 6.67 Å². The second-order valence-electron chi connectivity index (χ2n) is 4.37. The molecular formula is C15H9F5O. The fourth-order valence-electron chi connectivity index (χ4n) is 1.79. The molecule has 2 rings (SSSR count). The summed E-state index contributed by atoms with van der Waals surface area (Å²) in [6.45, 7) is -2.07. The minimum atomic E-state index is -4.01. The quantitative estimate of drug-likeness (QED) is 0.609. The van der Waals surface area contributed by atoms with Gasteiger partial charge in [-0.3, -0.25) is 4.79 Å². The molecule has 0 heterocycles. The highest BCUT2D eigenvalue weighted by Crippen LogP contribution is 2.31. The van der Waals surface area contributed by atoms with Crippen LogP contribution in [0.3, 0.4) is 0 Å². The largest absolute Gasteiger partial charge is 0.303 e. The topological polar surface area (TPSA) is 17.1 Å². The molecule has 2 aromatic carbocycles.